The summed E-state index contributed by atoms with van der Waals surface area (Å²) in [5, 5.41) is 0. The number of nitrogens with two attached hydrogens (primary N) is 1. The minimum absolute atomic E-state index is 0.0475. The number of benzene rings is 1. The molecule has 0 aliphatic heterocycles. The molecule has 0 aliphatic carbocycles. The van der Waals surface area contributed by atoms with Gasteiger partial charge < -0.3 is 4.74 Å². The molecule has 0 amide bonds. The van der Waals surface area contributed by atoms with E-state index in [2.05, 4.69) is 58.2 Å². The number of rotatable bonds is 6. The SMILES string of the molecule is CCOC(C(Cc1cc(C)cc(C)c1)NN)C(C)(C)C. The molecule has 0 aromatic heterocycles. The van der Waals surface area contributed by atoms with E-state index in [9.17, 15) is 0 Å². The number of hydrogen-bond donors (Lipinski definition) is 2. The number of aryl methyl sites for hydroxylation is 2. The largest absolute Gasteiger partial charge is 0.376 e. The maximum atomic E-state index is 5.95. The Bertz CT molecular complexity index is 403. The van der Waals surface area contributed by atoms with E-state index in [1.165, 1.54) is 16.7 Å². The van der Waals surface area contributed by atoms with Crippen LogP contribution in [0.4, 0.5) is 0 Å². The molecule has 3 heteroatoms. The number of hydrazine groups is 1. The van der Waals surface area contributed by atoms with Gasteiger partial charge in [0.05, 0.1) is 12.1 Å². The van der Waals surface area contributed by atoms with E-state index >= 15 is 0 Å². The predicted octanol–water partition coefficient (Wildman–Crippen LogP) is 3.13. The fraction of sp³-hybridized carbons (Fsp3) is 0.647. The highest BCUT2D eigenvalue weighted by molar-refractivity contribution is 5.29. The normalized spacial score (nSPS) is 15.2. The summed E-state index contributed by atoms with van der Waals surface area (Å²) in [6.45, 7) is 13.6. The Labute approximate surface area is 123 Å². The molecular weight excluding hydrogens is 248 g/mol. The highest BCUT2D eigenvalue weighted by Crippen LogP contribution is 2.26. The van der Waals surface area contributed by atoms with Crippen LogP contribution in [-0.4, -0.2) is 18.8 Å². The lowest BCUT2D eigenvalue weighted by molar-refractivity contribution is -0.0356. The quantitative estimate of drug-likeness (QED) is 0.621. The molecule has 0 heterocycles. The second kappa shape index (κ2) is 7.21. The molecule has 2 unspecified atom stereocenters. The predicted molar refractivity (Wildman–Crippen MR) is 85.6 cm³/mol. The first-order valence-electron chi connectivity index (χ1n) is 7.42. The molecule has 2 atom stereocenters. The van der Waals surface area contributed by atoms with Gasteiger partial charge in [-0.1, -0.05) is 50.1 Å². The van der Waals surface area contributed by atoms with Crippen LogP contribution in [0, 0.1) is 19.3 Å². The van der Waals surface area contributed by atoms with Crippen LogP contribution in [0.5, 0.6) is 0 Å². The van der Waals surface area contributed by atoms with Crippen LogP contribution in [0.2, 0.25) is 0 Å². The van der Waals surface area contributed by atoms with Crippen LogP contribution >= 0.6 is 0 Å². The van der Waals surface area contributed by atoms with Crippen LogP contribution in [0.15, 0.2) is 18.2 Å². The zero-order valence-electron chi connectivity index (χ0n) is 13.8. The molecular formula is C17H30N2O. The van der Waals surface area contributed by atoms with Gasteiger partial charge in [0, 0.05) is 6.61 Å². The van der Waals surface area contributed by atoms with Crippen molar-refractivity contribution in [3.8, 4) is 0 Å². The molecule has 0 saturated carbocycles. The Morgan fingerprint density at radius 1 is 1.15 bits per heavy atom. The summed E-state index contributed by atoms with van der Waals surface area (Å²) in [6, 6.07) is 6.75. The maximum Gasteiger partial charge on any atom is 0.0792 e. The molecule has 3 nitrogen and oxygen atoms in total. The third-order valence-electron chi connectivity index (χ3n) is 3.52. The van der Waals surface area contributed by atoms with Crippen molar-refractivity contribution in [3.63, 3.8) is 0 Å². The molecule has 1 aromatic carbocycles. The summed E-state index contributed by atoms with van der Waals surface area (Å²) < 4.78 is 5.95. The minimum Gasteiger partial charge on any atom is -0.376 e. The van der Waals surface area contributed by atoms with Gasteiger partial charge in [-0.2, -0.15) is 0 Å². The average molecular weight is 278 g/mol. The second-order valence-electron chi connectivity index (χ2n) is 6.72. The van der Waals surface area contributed by atoms with Gasteiger partial charge in [-0.25, -0.2) is 0 Å². The van der Waals surface area contributed by atoms with Gasteiger partial charge in [0.2, 0.25) is 0 Å². The van der Waals surface area contributed by atoms with Crippen molar-refractivity contribution in [3.05, 3.63) is 34.9 Å². The fourth-order valence-corrected chi connectivity index (χ4v) is 2.84. The molecule has 20 heavy (non-hydrogen) atoms. The Hall–Kier alpha value is -0.900. The van der Waals surface area contributed by atoms with Gasteiger partial charge in [-0.3, -0.25) is 11.3 Å². The van der Waals surface area contributed by atoms with Crippen LogP contribution in [0.1, 0.15) is 44.4 Å². The molecule has 3 N–H and O–H groups in total. The topological polar surface area (TPSA) is 47.3 Å². The van der Waals surface area contributed by atoms with Gasteiger partial charge in [-0.15, -0.1) is 0 Å². The maximum absolute atomic E-state index is 5.95. The van der Waals surface area contributed by atoms with Crippen molar-refractivity contribution >= 4 is 0 Å². The standard InChI is InChI=1S/C17H30N2O/c1-7-20-16(17(4,5)6)15(19-18)11-14-9-12(2)8-13(3)10-14/h8-10,15-16,19H,7,11,18H2,1-6H3. The van der Waals surface area contributed by atoms with Crippen LogP contribution in [0.3, 0.4) is 0 Å². The Morgan fingerprint density at radius 2 is 1.70 bits per heavy atom. The molecule has 0 saturated heterocycles. The summed E-state index contributed by atoms with van der Waals surface area (Å²) in [4.78, 5) is 0. The average Bonchev–Trinajstić information content (AvgIpc) is 2.31. The summed E-state index contributed by atoms with van der Waals surface area (Å²) in [5.41, 5.74) is 6.89. The lowest BCUT2D eigenvalue weighted by atomic mass is 9.82. The smallest absolute Gasteiger partial charge is 0.0792 e. The van der Waals surface area contributed by atoms with E-state index in [0.717, 1.165) is 6.42 Å². The monoisotopic (exact) mass is 278 g/mol. The van der Waals surface area contributed by atoms with Gasteiger partial charge >= 0.3 is 0 Å². The lowest BCUT2D eigenvalue weighted by Crippen LogP contribution is -2.52. The van der Waals surface area contributed by atoms with E-state index in [4.69, 9.17) is 10.6 Å². The third kappa shape index (κ3) is 4.89. The Balaban J connectivity index is 2.93. The van der Waals surface area contributed by atoms with E-state index in [1.54, 1.807) is 0 Å². The number of ether oxygens (including phenoxy) is 1. The van der Waals surface area contributed by atoms with E-state index < -0.39 is 0 Å². The Kier molecular flexibility index (Phi) is 6.18. The zero-order valence-corrected chi connectivity index (χ0v) is 13.8. The molecule has 0 aliphatic rings. The summed E-state index contributed by atoms with van der Waals surface area (Å²) in [6.07, 6.45) is 0.958. The summed E-state index contributed by atoms with van der Waals surface area (Å²) in [5.74, 6) is 5.79. The van der Waals surface area contributed by atoms with E-state index in [0.29, 0.717) is 6.61 Å². The molecule has 0 bridgehead atoms. The highest BCUT2D eigenvalue weighted by Gasteiger charge is 2.32. The first-order valence-corrected chi connectivity index (χ1v) is 7.42. The van der Waals surface area contributed by atoms with Crippen molar-refractivity contribution in [2.45, 2.75) is 60.1 Å². The van der Waals surface area contributed by atoms with Crippen molar-refractivity contribution in [1.82, 2.24) is 5.43 Å². The zero-order chi connectivity index (χ0) is 15.3. The van der Waals surface area contributed by atoms with Crippen molar-refractivity contribution < 1.29 is 4.74 Å². The number of hydrogen-bond acceptors (Lipinski definition) is 3. The van der Waals surface area contributed by atoms with Crippen molar-refractivity contribution in [2.24, 2.45) is 11.3 Å². The molecule has 1 rings (SSSR count). The molecule has 114 valence electrons. The van der Waals surface area contributed by atoms with E-state index in [-0.39, 0.29) is 17.6 Å². The van der Waals surface area contributed by atoms with Crippen LogP contribution < -0.4 is 11.3 Å². The van der Waals surface area contributed by atoms with Gasteiger partial charge in [-0.05, 0) is 38.2 Å². The summed E-state index contributed by atoms with van der Waals surface area (Å²) in [7, 11) is 0. The van der Waals surface area contributed by atoms with Gasteiger partial charge in [0.25, 0.3) is 0 Å². The van der Waals surface area contributed by atoms with Gasteiger partial charge in [0.1, 0.15) is 0 Å². The van der Waals surface area contributed by atoms with Crippen LogP contribution in [-0.2, 0) is 11.2 Å². The molecule has 1 aromatic rings. The minimum atomic E-state index is 0.0475. The van der Waals surface area contributed by atoms with Crippen molar-refractivity contribution in [1.29, 1.82) is 0 Å². The molecule has 0 fully saturated rings. The first kappa shape index (κ1) is 17.2. The Morgan fingerprint density at radius 3 is 2.10 bits per heavy atom. The highest BCUT2D eigenvalue weighted by atomic mass is 16.5. The number of nitrogens with one attached hydrogen (secondary N) is 1. The molecule has 0 spiro atoms. The summed E-state index contributed by atoms with van der Waals surface area (Å²) >= 11 is 0. The van der Waals surface area contributed by atoms with Crippen LogP contribution in [0.25, 0.3) is 0 Å². The van der Waals surface area contributed by atoms with E-state index in [1.807, 2.05) is 6.92 Å². The molecule has 0 radical (unpaired) electrons. The van der Waals surface area contributed by atoms with Crippen molar-refractivity contribution in [2.75, 3.05) is 6.61 Å². The second-order valence-corrected chi connectivity index (χ2v) is 6.72. The first-order chi connectivity index (χ1) is 9.27. The third-order valence-corrected chi connectivity index (χ3v) is 3.52. The fourth-order valence-electron chi connectivity index (χ4n) is 2.84. The lowest BCUT2D eigenvalue weighted by Gasteiger charge is -2.36. The van der Waals surface area contributed by atoms with Gasteiger partial charge in [0.15, 0.2) is 0 Å².